The van der Waals surface area contributed by atoms with Crippen LogP contribution in [0.25, 0.3) is 0 Å². The lowest BCUT2D eigenvalue weighted by molar-refractivity contribution is 0.565. The smallest absolute Gasteiger partial charge is 0.146 e. The zero-order valence-electron chi connectivity index (χ0n) is 8.99. The molecule has 0 unspecified atom stereocenters. The molecule has 0 bridgehead atoms. The van der Waals surface area contributed by atoms with E-state index in [1.54, 1.807) is 0 Å². The first-order valence-electron chi connectivity index (χ1n) is 5.78. The van der Waals surface area contributed by atoms with Gasteiger partial charge >= 0.3 is 0 Å². The fourth-order valence-corrected chi connectivity index (χ4v) is 2.49. The number of anilines is 2. The van der Waals surface area contributed by atoms with Crippen molar-refractivity contribution in [2.24, 2.45) is 11.8 Å². The molecule has 4 nitrogen and oxygen atoms in total. The number of nitrogen functional groups attached to an aromatic ring is 1. The second-order valence-corrected chi connectivity index (χ2v) is 5.56. The lowest BCUT2D eigenvalue weighted by Gasteiger charge is -2.19. The summed E-state index contributed by atoms with van der Waals surface area (Å²) in [6.45, 7) is 0. The highest BCUT2D eigenvalue weighted by Crippen LogP contribution is 2.46. The molecule has 0 aromatic carbocycles. The normalized spacial score (nSPS) is 20.1. The Morgan fingerprint density at radius 3 is 2.44 bits per heavy atom. The number of hydrogen-bond donors (Lipinski definition) is 2. The summed E-state index contributed by atoms with van der Waals surface area (Å²) in [6.07, 6.45) is 6.93. The van der Waals surface area contributed by atoms with Crippen molar-refractivity contribution in [1.82, 2.24) is 9.97 Å². The predicted octanol–water partition coefficient (Wildman–Crippen LogP) is 2.42. The van der Waals surface area contributed by atoms with Crippen LogP contribution in [0.4, 0.5) is 11.6 Å². The molecule has 0 aliphatic heterocycles. The van der Waals surface area contributed by atoms with E-state index < -0.39 is 0 Å². The van der Waals surface area contributed by atoms with E-state index in [2.05, 4.69) is 31.2 Å². The Morgan fingerprint density at radius 1 is 1.25 bits per heavy atom. The summed E-state index contributed by atoms with van der Waals surface area (Å²) < 4.78 is 0.793. The second kappa shape index (κ2) is 3.87. The summed E-state index contributed by atoms with van der Waals surface area (Å²) in [4.78, 5) is 8.20. The Morgan fingerprint density at radius 2 is 1.88 bits per heavy atom. The zero-order chi connectivity index (χ0) is 11.1. The van der Waals surface area contributed by atoms with Gasteiger partial charge in [-0.1, -0.05) is 0 Å². The van der Waals surface area contributed by atoms with Gasteiger partial charge in [-0.2, -0.15) is 0 Å². The minimum absolute atomic E-state index is 0.503. The van der Waals surface area contributed by atoms with Crippen molar-refractivity contribution in [3.05, 3.63) is 10.8 Å². The molecule has 0 atom stereocenters. The highest BCUT2D eigenvalue weighted by Gasteiger charge is 2.41. The fourth-order valence-electron chi connectivity index (χ4n) is 2.17. The van der Waals surface area contributed by atoms with Crippen LogP contribution in [0.3, 0.4) is 0 Å². The molecular weight excluding hydrogens is 268 g/mol. The lowest BCUT2D eigenvalue weighted by Crippen LogP contribution is -2.25. The van der Waals surface area contributed by atoms with Gasteiger partial charge in [0.25, 0.3) is 0 Å². The van der Waals surface area contributed by atoms with Crippen LogP contribution in [-0.4, -0.2) is 16.0 Å². The maximum Gasteiger partial charge on any atom is 0.146 e. The van der Waals surface area contributed by atoms with E-state index in [1.165, 1.54) is 32.0 Å². The van der Waals surface area contributed by atoms with Gasteiger partial charge in [0.15, 0.2) is 0 Å². The van der Waals surface area contributed by atoms with Crippen molar-refractivity contribution in [1.29, 1.82) is 0 Å². The highest BCUT2D eigenvalue weighted by atomic mass is 79.9. The fraction of sp³-hybridized carbons (Fsp3) is 0.636. The molecule has 16 heavy (non-hydrogen) atoms. The monoisotopic (exact) mass is 282 g/mol. The van der Waals surface area contributed by atoms with Gasteiger partial charge in [0.1, 0.15) is 22.4 Å². The molecular formula is C11H15BrN4. The van der Waals surface area contributed by atoms with Gasteiger partial charge in [-0.05, 0) is 53.4 Å². The summed E-state index contributed by atoms with van der Waals surface area (Å²) in [5.41, 5.74) is 5.74. The van der Waals surface area contributed by atoms with Crippen LogP contribution in [0.15, 0.2) is 10.8 Å². The van der Waals surface area contributed by atoms with Gasteiger partial charge in [0.2, 0.25) is 0 Å². The van der Waals surface area contributed by atoms with Crippen molar-refractivity contribution < 1.29 is 0 Å². The summed E-state index contributed by atoms with van der Waals surface area (Å²) in [5.74, 6) is 3.03. The molecule has 1 aromatic rings. The number of nitrogens with one attached hydrogen (secondary N) is 1. The van der Waals surface area contributed by atoms with E-state index in [1.807, 2.05) is 0 Å². The topological polar surface area (TPSA) is 63.8 Å². The molecule has 2 aliphatic rings. The molecule has 3 rings (SSSR count). The third-order valence-electron chi connectivity index (χ3n) is 3.38. The van der Waals surface area contributed by atoms with E-state index in [0.29, 0.717) is 11.9 Å². The molecule has 2 saturated carbocycles. The highest BCUT2D eigenvalue weighted by molar-refractivity contribution is 9.10. The van der Waals surface area contributed by atoms with E-state index in [0.717, 1.165) is 22.1 Å². The average Bonchev–Trinajstić information content (AvgIpc) is 3.15. The molecule has 0 radical (unpaired) electrons. The van der Waals surface area contributed by atoms with Gasteiger partial charge in [-0.25, -0.2) is 9.97 Å². The Balaban J connectivity index is 1.78. The minimum Gasteiger partial charge on any atom is -0.383 e. The third kappa shape index (κ3) is 2.00. The predicted molar refractivity (Wildman–Crippen MR) is 67.0 cm³/mol. The van der Waals surface area contributed by atoms with Crippen molar-refractivity contribution in [3.8, 4) is 0 Å². The maximum absolute atomic E-state index is 5.74. The molecule has 2 fully saturated rings. The molecule has 0 saturated heterocycles. The first-order chi connectivity index (χ1) is 7.75. The van der Waals surface area contributed by atoms with Crippen LogP contribution >= 0.6 is 15.9 Å². The summed E-state index contributed by atoms with van der Waals surface area (Å²) in [7, 11) is 0. The Bertz CT molecular complexity index is 389. The van der Waals surface area contributed by atoms with Crippen LogP contribution in [0, 0.1) is 11.8 Å². The van der Waals surface area contributed by atoms with Gasteiger partial charge in [-0.15, -0.1) is 0 Å². The zero-order valence-corrected chi connectivity index (χ0v) is 10.6. The number of halogens is 1. The lowest BCUT2D eigenvalue weighted by atomic mass is 10.1. The molecule has 2 aliphatic carbocycles. The van der Waals surface area contributed by atoms with Crippen LogP contribution < -0.4 is 11.1 Å². The summed E-state index contributed by atoms with van der Waals surface area (Å²) >= 11 is 3.44. The van der Waals surface area contributed by atoms with Crippen LogP contribution in [0.5, 0.6) is 0 Å². The van der Waals surface area contributed by atoms with Crippen molar-refractivity contribution in [3.63, 3.8) is 0 Å². The molecule has 5 heteroatoms. The van der Waals surface area contributed by atoms with Crippen LogP contribution in [0.2, 0.25) is 0 Å². The average molecular weight is 283 g/mol. The van der Waals surface area contributed by atoms with Crippen molar-refractivity contribution in [2.45, 2.75) is 31.7 Å². The summed E-state index contributed by atoms with van der Waals surface area (Å²) in [5, 5.41) is 3.53. The first-order valence-corrected chi connectivity index (χ1v) is 6.57. The van der Waals surface area contributed by atoms with Gasteiger partial charge in [0, 0.05) is 6.04 Å². The number of aromatic nitrogens is 2. The Labute approximate surface area is 103 Å². The van der Waals surface area contributed by atoms with Crippen molar-refractivity contribution in [2.75, 3.05) is 11.1 Å². The SMILES string of the molecule is Nc1ncnc(NC(C2CC2)C2CC2)c1Br. The molecule has 1 aromatic heterocycles. The quantitative estimate of drug-likeness (QED) is 0.890. The van der Waals surface area contributed by atoms with Crippen LogP contribution in [-0.2, 0) is 0 Å². The number of nitrogens with two attached hydrogens (primary N) is 1. The van der Waals surface area contributed by atoms with Gasteiger partial charge < -0.3 is 11.1 Å². The molecule has 1 heterocycles. The van der Waals surface area contributed by atoms with Crippen molar-refractivity contribution >= 4 is 27.6 Å². The maximum atomic E-state index is 5.74. The van der Waals surface area contributed by atoms with E-state index in [-0.39, 0.29) is 0 Å². The number of nitrogens with zero attached hydrogens (tertiary/aromatic N) is 2. The Hall–Kier alpha value is -0.840. The third-order valence-corrected chi connectivity index (χ3v) is 4.16. The van der Waals surface area contributed by atoms with Gasteiger partial charge in [0.05, 0.1) is 0 Å². The number of rotatable bonds is 4. The Kier molecular flexibility index (Phi) is 2.50. The van der Waals surface area contributed by atoms with Gasteiger partial charge in [-0.3, -0.25) is 0 Å². The van der Waals surface area contributed by atoms with E-state index in [9.17, 15) is 0 Å². The van der Waals surface area contributed by atoms with E-state index >= 15 is 0 Å². The van der Waals surface area contributed by atoms with Crippen LogP contribution in [0.1, 0.15) is 25.7 Å². The molecule has 86 valence electrons. The molecule has 3 N–H and O–H groups in total. The molecule has 0 spiro atoms. The molecule has 0 amide bonds. The summed E-state index contributed by atoms with van der Waals surface area (Å²) in [6, 6.07) is 0.589. The largest absolute Gasteiger partial charge is 0.383 e. The minimum atomic E-state index is 0.503. The van der Waals surface area contributed by atoms with E-state index in [4.69, 9.17) is 5.73 Å². The second-order valence-electron chi connectivity index (χ2n) is 4.77. The first kappa shape index (κ1) is 10.3. The standard InChI is InChI=1S/C11H15BrN4/c12-8-10(13)14-5-15-11(8)16-9(6-1-2-6)7-3-4-7/h5-7,9H,1-4H2,(H3,13,14,15,16). The number of hydrogen-bond acceptors (Lipinski definition) is 4.